The largest absolute Gasteiger partial charge is 2.00 e. The minimum absolute atomic E-state index is 0. The second-order valence-electron chi connectivity index (χ2n) is 9.93. The topological polar surface area (TPSA) is 54.0 Å². The van der Waals surface area contributed by atoms with Crippen molar-refractivity contribution in [3.8, 4) is 0 Å². The summed E-state index contributed by atoms with van der Waals surface area (Å²) in [5.74, 6) is 0. The molecule has 0 aromatic carbocycles. The van der Waals surface area contributed by atoms with E-state index in [1.54, 1.807) is 0 Å². The Labute approximate surface area is 231 Å². The van der Waals surface area contributed by atoms with Crippen LogP contribution >= 0.6 is 0 Å². The van der Waals surface area contributed by atoms with E-state index < -0.39 is 0 Å². The van der Waals surface area contributed by atoms with Gasteiger partial charge in [0, 0.05) is 0 Å². The summed E-state index contributed by atoms with van der Waals surface area (Å²) < 4.78 is 0. The Hall–Kier alpha value is -2.88. The summed E-state index contributed by atoms with van der Waals surface area (Å²) >= 11 is 0. The summed E-state index contributed by atoms with van der Waals surface area (Å²) in [4.78, 5) is 20.4. The van der Waals surface area contributed by atoms with Crippen molar-refractivity contribution < 1.29 is 17.1 Å². The maximum atomic E-state index is 5.11. The van der Waals surface area contributed by atoms with Crippen molar-refractivity contribution in [3.05, 3.63) is 69.3 Å². The van der Waals surface area contributed by atoms with Gasteiger partial charge in [-0.25, -0.2) is 9.97 Å². The molecule has 195 valence electrons. The number of aryl methyl sites for hydroxylation is 4. The first-order valence-electron chi connectivity index (χ1n) is 13.3. The Bertz CT molecular complexity index is 1490. The third-order valence-corrected chi connectivity index (χ3v) is 8.06. The molecule has 5 heteroatoms. The minimum Gasteiger partial charge on any atom is -0.657 e. The number of hydrogen-bond donors (Lipinski definition) is 0. The van der Waals surface area contributed by atoms with Gasteiger partial charge in [0.15, 0.2) is 0 Å². The average Bonchev–Trinajstić information content (AvgIpc) is 3.51. The first-order chi connectivity index (χ1) is 17.3. The van der Waals surface area contributed by atoms with Crippen molar-refractivity contribution in [1.82, 2.24) is 19.9 Å². The Balaban J connectivity index is 0.00000320. The molecule has 3 aromatic heterocycles. The number of fused-ring (bicyclic) bond motifs is 8. The molecule has 0 saturated heterocycles. The first kappa shape index (κ1) is 27.2. The van der Waals surface area contributed by atoms with Gasteiger partial charge < -0.3 is 9.97 Å². The van der Waals surface area contributed by atoms with Crippen molar-refractivity contribution in [2.24, 2.45) is 0 Å². The summed E-state index contributed by atoms with van der Waals surface area (Å²) in [6, 6.07) is 8.72. The molecule has 4 nitrogen and oxygen atoms in total. The molecule has 1 radical (unpaired) electrons. The summed E-state index contributed by atoms with van der Waals surface area (Å²) in [5.41, 5.74) is 18.2. The molecule has 5 heterocycles. The van der Waals surface area contributed by atoms with Crippen LogP contribution in [0.5, 0.6) is 0 Å². The quantitative estimate of drug-likeness (QED) is 0.315. The van der Waals surface area contributed by atoms with E-state index >= 15 is 0 Å². The van der Waals surface area contributed by atoms with Crippen LogP contribution < -0.4 is 9.97 Å². The first-order valence-corrected chi connectivity index (χ1v) is 13.3. The molecule has 0 N–H and O–H groups in total. The Kier molecular flexibility index (Phi) is 7.69. The number of hydrogen-bond acceptors (Lipinski definition) is 2. The maximum absolute atomic E-state index is 5.11. The van der Waals surface area contributed by atoms with Crippen molar-refractivity contribution in [2.75, 3.05) is 0 Å². The SMILES string of the molecule is CCC1=C(C)c2cc3[n-]c(cc4nc(cc5[n-]c(cc1n2)c(C)c5CC)C(C)=C4CC)c(C)c3CC.[Cu+2]. The summed E-state index contributed by atoms with van der Waals surface area (Å²) in [6.45, 7) is 17.6. The van der Waals surface area contributed by atoms with Gasteiger partial charge >= 0.3 is 17.1 Å². The Morgan fingerprint density at radius 3 is 1.19 bits per heavy atom. The predicted octanol–water partition coefficient (Wildman–Crippen LogP) is 7.99. The van der Waals surface area contributed by atoms with E-state index in [0.717, 1.165) is 70.5 Å². The molecule has 0 fully saturated rings. The van der Waals surface area contributed by atoms with Crippen molar-refractivity contribution in [1.29, 1.82) is 0 Å². The van der Waals surface area contributed by atoms with Crippen molar-refractivity contribution >= 4 is 44.4 Å². The molecule has 8 bridgehead atoms. The third kappa shape index (κ3) is 4.43. The van der Waals surface area contributed by atoms with Gasteiger partial charge in [0.25, 0.3) is 0 Å². The standard InChI is InChI=1S/C32H36N4.Cu/c1-9-21-17(5)25-14-30-23(11-3)19(7)27(35-30)16-32-24(12-4)20(8)28(36-32)15-31-22(10-2)18(6)26(34-31)13-29(21)33-25;/h13-16H,9-12H2,1-8H3;/q-2;+2. The van der Waals surface area contributed by atoms with Gasteiger partial charge in [0.05, 0.1) is 22.8 Å². The average molecular weight is 540 g/mol. The Morgan fingerprint density at radius 2 is 0.865 bits per heavy atom. The van der Waals surface area contributed by atoms with Crippen LogP contribution in [0.1, 0.15) is 99.4 Å². The number of rotatable bonds is 4. The number of aromatic nitrogens is 4. The van der Waals surface area contributed by atoms with Crippen LogP contribution in [0, 0.1) is 13.8 Å². The van der Waals surface area contributed by atoms with Gasteiger partial charge in [-0.1, -0.05) is 74.2 Å². The van der Waals surface area contributed by atoms with Crippen LogP contribution in [0.15, 0.2) is 24.3 Å². The van der Waals surface area contributed by atoms with Crippen molar-refractivity contribution in [2.45, 2.75) is 81.1 Å². The second kappa shape index (κ2) is 10.5. The van der Waals surface area contributed by atoms with Gasteiger partial charge in [-0.2, -0.15) is 0 Å². The van der Waals surface area contributed by atoms with E-state index in [0.29, 0.717) is 0 Å². The van der Waals surface area contributed by atoms with Crippen LogP contribution in [0.3, 0.4) is 0 Å². The van der Waals surface area contributed by atoms with E-state index in [-0.39, 0.29) is 17.1 Å². The van der Waals surface area contributed by atoms with Gasteiger partial charge in [-0.3, -0.25) is 0 Å². The number of allylic oxidation sites excluding steroid dienone is 4. The van der Waals surface area contributed by atoms with Gasteiger partial charge in [0.2, 0.25) is 0 Å². The van der Waals surface area contributed by atoms with Crippen LogP contribution in [-0.2, 0) is 29.9 Å². The zero-order chi connectivity index (χ0) is 25.7. The van der Waals surface area contributed by atoms with E-state index in [9.17, 15) is 0 Å². The predicted molar refractivity (Wildman–Crippen MR) is 153 cm³/mol. The zero-order valence-corrected chi connectivity index (χ0v) is 24.2. The van der Waals surface area contributed by atoms with Crippen LogP contribution in [0.25, 0.3) is 44.4 Å². The van der Waals surface area contributed by atoms with E-state index in [2.05, 4.69) is 79.7 Å². The molecular formula is C32H36CuN4. The molecule has 0 saturated carbocycles. The molecule has 5 rings (SSSR count). The van der Waals surface area contributed by atoms with Crippen molar-refractivity contribution in [3.63, 3.8) is 0 Å². The number of nitrogens with zero attached hydrogens (tertiary/aromatic N) is 4. The minimum atomic E-state index is 0. The molecule has 2 aliphatic rings. The van der Waals surface area contributed by atoms with Crippen LogP contribution in [0.4, 0.5) is 0 Å². The molecule has 2 aliphatic heterocycles. The summed E-state index contributed by atoms with van der Waals surface area (Å²) in [7, 11) is 0. The molecule has 37 heavy (non-hydrogen) atoms. The van der Waals surface area contributed by atoms with Crippen LogP contribution in [0.2, 0.25) is 0 Å². The molecule has 0 amide bonds. The fourth-order valence-electron chi connectivity index (χ4n) is 5.85. The fraction of sp³-hybridized carbons (Fsp3) is 0.375. The monoisotopic (exact) mass is 539 g/mol. The van der Waals surface area contributed by atoms with E-state index in [4.69, 9.17) is 19.9 Å². The van der Waals surface area contributed by atoms with Crippen LogP contribution in [-0.4, -0.2) is 9.97 Å². The van der Waals surface area contributed by atoms with Gasteiger partial charge in [-0.15, -0.1) is 22.1 Å². The molecule has 3 aromatic rings. The zero-order valence-electron chi connectivity index (χ0n) is 23.2. The normalized spacial score (nSPS) is 13.4. The third-order valence-electron chi connectivity index (χ3n) is 8.06. The summed E-state index contributed by atoms with van der Waals surface area (Å²) in [5, 5.41) is 0. The smallest absolute Gasteiger partial charge is 0.657 e. The van der Waals surface area contributed by atoms with E-state index in [1.165, 1.54) is 44.5 Å². The van der Waals surface area contributed by atoms with Gasteiger partial charge in [-0.05, 0) is 75.7 Å². The molecular weight excluding hydrogens is 504 g/mol. The molecule has 0 spiro atoms. The Morgan fingerprint density at radius 1 is 0.514 bits per heavy atom. The fourth-order valence-corrected chi connectivity index (χ4v) is 5.85. The molecule has 0 aliphatic carbocycles. The summed E-state index contributed by atoms with van der Waals surface area (Å²) in [6.07, 6.45) is 3.74. The maximum Gasteiger partial charge on any atom is 2.00 e. The molecule has 0 atom stereocenters. The van der Waals surface area contributed by atoms with Gasteiger partial charge in [0.1, 0.15) is 0 Å². The second-order valence-corrected chi connectivity index (χ2v) is 9.93. The van der Waals surface area contributed by atoms with E-state index in [1.807, 2.05) is 0 Å². The molecule has 0 unspecified atom stereocenters.